The number of carbonyl (C=O) groups is 1. The van der Waals surface area contributed by atoms with Gasteiger partial charge in [-0.3, -0.25) is 4.79 Å². The lowest BCUT2D eigenvalue weighted by molar-refractivity contribution is -0.117. The summed E-state index contributed by atoms with van der Waals surface area (Å²) in [5.74, 6) is 1.34. The fraction of sp³-hybridized carbons (Fsp3) is 0.409. The summed E-state index contributed by atoms with van der Waals surface area (Å²) < 4.78 is 5.58. The Labute approximate surface area is 168 Å². The maximum atomic E-state index is 12.7. The van der Waals surface area contributed by atoms with Gasteiger partial charge in [-0.1, -0.05) is 30.3 Å². The van der Waals surface area contributed by atoms with E-state index in [0.29, 0.717) is 24.7 Å². The predicted octanol–water partition coefficient (Wildman–Crippen LogP) is 4.76. The Bertz CT molecular complexity index is 999. The van der Waals surface area contributed by atoms with Crippen LogP contribution in [0.25, 0.3) is 10.8 Å². The smallest absolute Gasteiger partial charge is 0.268 e. The lowest BCUT2D eigenvalue weighted by Crippen LogP contribution is -2.25. The Morgan fingerprint density at radius 1 is 1.25 bits per heavy atom. The quantitative estimate of drug-likeness (QED) is 0.641. The maximum Gasteiger partial charge on any atom is 0.268 e. The van der Waals surface area contributed by atoms with Gasteiger partial charge in [0.15, 0.2) is 5.82 Å². The summed E-state index contributed by atoms with van der Waals surface area (Å²) in [7, 11) is 0. The molecule has 1 amide bonds. The Balaban J connectivity index is 1.38. The molecular formula is C22H23N3O2S. The van der Waals surface area contributed by atoms with Crippen LogP contribution in [0, 0.1) is 0 Å². The molecule has 0 radical (unpaired) electrons. The number of hydrogen-bond donors (Lipinski definition) is 0. The first-order valence-corrected chi connectivity index (χ1v) is 10.9. The third-order valence-electron chi connectivity index (χ3n) is 5.80. The second-order valence-corrected chi connectivity index (χ2v) is 8.75. The van der Waals surface area contributed by atoms with Crippen molar-refractivity contribution >= 4 is 22.9 Å². The largest absolute Gasteiger partial charge is 0.333 e. The summed E-state index contributed by atoms with van der Waals surface area (Å²) in [6.07, 6.45) is 6.16. The van der Waals surface area contributed by atoms with Gasteiger partial charge in [-0.15, -0.1) is 11.3 Å². The van der Waals surface area contributed by atoms with Crippen molar-refractivity contribution < 1.29 is 9.32 Å². The van der Waals surface area contributed by atoms with Gasteiger partial charge in [-0.25, -0.2) is 0 Å². The van der Waals surface area contributed by atoms with E-state index in [1.165, 1.54) is 28.8 Å². The first-order chi connectivity index (χ1) is 13.7. The summed E-state index contributed by atoms with van der Waals surface area (Å²) in [4.78, 5) is 21.7. The molecule has 1 saturated heterocycles. The molecule has 2 aliphatic rings. The normalized spacial score (nSPS) is 19.2. The molecule has 28 heavy (non-hydrogen) atoms. The van der Waals surface area contributed by atoms with Crippen molar-refractivity contribution in [3.8, 4) is 10.8 Å². The SMILES string of the molecule is CCc1ccccc1N1CC(c2noc(-c3cc4c(s3)CCCC4)n2)CC1=O. The third kappa shape index (κ3) is 3.05. The lowest BCUT2D eigenvalue weighted by atomic mass is 9.99. The number of carbonyl (C=O) groups excluding carboxylic acids is 1. The molecule has 1 fully saturated rings. The van der Waals surface area contributed by atoms with Gasteiger partial charge in [0, 0.05) is 29.4 Å². The number of anilines is 1. The number of hydrogen-bond acceptors (Lipinski definition) is 5. The van der Waals surface area contributed by atoms with Crippen LogP contribution in [0.5, 0.6) is 0 Å². The molecule has 6 heteroatoms. The minimum Gasteiger partial charge on any atom is -0.333 e. The molecule has 1 aromatic carbocycles. The number of benzene rings is 1. The zero-order valence-corrected chi connectivity index (χ0v) is 16.8. The van der Waals surface area contributed by atoms with Crippen molar-refractivity contribution in [2.45, 2.75) is 51.4 Å². The Hall–Kier alpha value is -2.47. The fourth-order valence-corrected chi connectivity index (χ4v) is 5.46. The van der Waals surface area contributed by atoms with E-state index < -0.39 is 0 Å². The van der Waals surface area contributed by atoms with Gasteiger partial charge < -0.3 is 9.42 Å². The van der Waals surface area contributed by atoms with E-state index in [4.69, 9.17) is 4.52 Å². The van der Waals surface area contributed by atoms with E-state index in [-0.39, 0.29) is 11.8 Å². The zero-order chi connectivity index (χ0) is 19.1. The second kappa shape index (κ2) is 7.17. The number of nitrogens with zero attached hydrogens (tertiary/aromatic N) is 3. The van der Waals surface area contributed by atoms with Gasteiger partial charge in [-0.2, -0.15) is 4.98 Å². The molecule has 144 valence electrons. The van der Waals surface area contributed by atoms with Gasteiger partial charge in [0.2, 0.25) is 5.91 Å². The summed E-state index contributed by atoms with van der Waals surface area (Å²) in [6, 6.07) is 10.3. The zero-order valence-electron chi connectivity index (χ0n) is 16.0. The topological polar surface area (TPSA) is 59.2 Å². The molecule has 2 aromatic heterocycles. The minimum atomic E-state index is -0.0236. The summed E-state index contributed by atoms with van der Waals surface area (Å²) >= 11 is 1.77. The van der Waals surface area contributed by atoms with Crippen molar-refractivity contribution in [1.29, 1.82) is 0 Å². The van der Waals surface area contributed by atoms with Gasteiger partial charge in [0.05, 0.1) is 4.88 Å². The van der Waals surface area contributed by atoms with E-state index in [2.05, 4.69) is 29.2 Å². The Kier molecular flexibility index (Phi) is 4.51. The Morgan fingerprint density at radius 3 is 2.96 bits per heavy atom. The molecule has 0 N–H and O–H groups in total. The molecule has 1 aliphatic carbocycles. The average molecular weight is 394 g/mol. The number of rotatable bonds is 4. The average Bonchev–Trinajstić information content (AvgIpc) is 3.45. The van der Waals surface area contributed by atoms with E-state index in [0.717, 1.165) is 29.8 Å². The van der Waals surface area contributed by atoms with Crippen LogP contribution in [0.3, 0.4) is 0 Å². The molecule has 3 heterocycles. The maximum absolute atomic E-state index is 12.7. The van der Waals surface area contributed by atoms with Crippen molar-refractivity contribution in [2.24, 2.45) is 0 Å². The van der Waals surface area contributed by atoms with Crippen LogP contribution in [0.2, 0.25) is 0 Å². The van der Waals surface area contributed by atoms with Crippen molar-refractivity contribution in [3.63, 3.8) is 0 Å². The van der Waals surface area contributed by atoms with Gasteiger partial charge in [0.1, 0.15) is 0 Å². The van der Waals surface area contributed by atoms with Gasteiger partial charge in [-0.05, 0) is 55.4 Å². The lowest BCUT2D eigenvalue weighted by Gasteiger charge is -2.19. The highest BCUT2D eigenvalue weighted by molar-refractivity contribution is 7.15. The van der Waals surface area contributed by atoms with Crippen LogP contribution in [0.15, 0.2) is 34.9 Å². The van der Waals surface area contributed by atoms with E-state index >= 15 is 0 Å². The molecule has 1 aliphatic heterocycles. The van der Waals surface area contributed by atoms with Gasteiger partial charge >= 0.3 is 0 Å². The summed E-state index contributed by atoms with van der Waals surface area (Å²) in [5, 5.41) is 4.23. The standard InChI is InChI=1S/C22H23N3O2S/c1-2-14-7-3-5-9-17(14)25-13-16(12-20(25)26)21-23-22(27-24-21)19-11-15-8-4-6-10-18(15)28-19/h3,5,7,9,11,16H,2,4,6,8,10,12-13H2,1H3. The van der Waals surface area contributed by atoms with Crippen molar-refractivity contribution in [3.05, 3.63) is 52.2 Å². The third-order valence-corrected chi connectivity index (χ3v) is 7.03. The Morgan fingerprint density at radius 2 is 2.11 bits per heavy atom. The fourth-order valence-electron chi connectivity index (χ4n) is 4.28. The van der Waals surface area contributed by atoms with Crippen LogP contribution in [0.1, 0.15) is 53.9 Å². The number of thiophene rings is 1. The van der Waals surface area contributed by atoms with Crippen LogP contribution >= 0.6 is 11.3 Å². The van der Waals surface area contributed by atoms with Crippen molar-refractivity contribution in [2.75, 3.05) is 11.4 Å². The highest BCUT2D eigenvalue weighted by Gasteiger charge is 2.35. The van der Waals surface area contributed by atoms with Gasteiger partial charge in [0.25, 0.3) is 5.89 Å². The number of fused-ring (bicyclic) bond motifs is 1. The molecule has 0 saturated carbocycles. The summed E-state index contributed by atoms with van der Waals surface area (Å²) in [5.41, 5.74) is 3.63. The summed E-state index contributed by atoms with van der Waals surface area (Å²) in [6.45, 7) is 2.72. The van der Waals surface area contributed by atoms with E-state index in [9.17, 15) is 4.79 Å². The number of aromatic nitrogens is 2. The molecular weight excluding hydrogens is 370 g/mol. The van der Waals surface area contributed by atoms with Crippen LogP contribution in [-0.4, -0.2) is 22.6 Å². The monoisotopic (exact) mass is 393 g/mol. The highest BCUT2D eigenvalue weighted by atomic mass is 32.1. The minimum absolute atomic E-state index is 0.0236. The van der Waals surface area contributed by atoms with Crippen molar-refractivity contribution in [1.82, 2.24) is 10.1 Å². The number of aryl methyl sites for hydroxylation is 3. The van der Waals surface area contributed by atoms with Crippen LogP contribution < -0.4 is 4.90 Å². The first-order valence-electron chi connectivity index (χ1n) is 10.1. The van der Waals surface area contributed by atoms with E-state index in [1.807, 2.05) is 23.1 Å². The molecule has 0 spiro atoms. The van der Waals surface area contributed by atoms with E-state index in [1.54, 1.807) is 11.3 Å². The predicted molar refractivity (Wildman–Crippen MR) is 110 cm³/mol. The molecule has 1 unspecified atom stereocenters. The molecule has 5 rings (SSSR count). The molecule has 5 nitrogen and oxygen atoms in total. The molecule has 1 atom stereocenters. The van der Waals surface area contributed by atoms with Crippen LogP contribution in [-0.2, 0) is 24.1 Å². The number of para-hydroxylation sites is 1. The van der Waals surface area contributed by atoms with Crippen LogP contribution in [0.4, 0.5) is 5.69 Å². The molecule has 3 aromatic rings. The first kappa shape index (κ1) is 17.6. The second-order valence-electron chi connectivity index (χ2n) is 7.61. The highest BCUT2D eigenvalue weighted by Crippen LogP contribution is 2.37. The molecule has 0 bridgehead atoms. The number of amides is 1.